The van der Waals surface area contributed by atoms with Crippen LogP contribution in [0.5, 0.6) is 5.75 Å². The maximum atomic E-state index is 5.29. The number of hydrogen-bond donors (Lipinski definition) is 1. The second kappa shape index (κ2) is 8.60. The molecule has 0 aliphatic rings. The van der Waals surface area contributed by atoms with E-state index in [4.69, 9.17) is 4.74 Å². The molecule has 0 saturated carbocycles. The Morgan fingerprint density at radius 1 is 1.32 bits per heavy atom. The lowest BCUT2D eigenvalue weighted by Crippen LogP contribution is -2.28. The van der Waals surface area contributed by atoms with Crippen LogP contribution in [0.1, 0.15) is 39.2 Å². The largest absolute Gasteiger partial charge is 0.497 e. The first kappa shape index (κ1) is 16.5. The highest BCUT2D eigenvalue weighted by atomic mass is 79.9. The molecule has 3 heteroatoms. The van der Waals surface area contributed by atoms with Gasteiger partial charge in [0.1, 0.15) is 5.75 Å². The smallest absolute Gasteiger partial charge is 0.119 e. The summed E-state index contributed by atoms with van der Waals surface area (Å²) >= 11 is 3.63. The lowest BCUT2D eigenvalue weighted by atomic mass is 9.95. The molecule has 1 N–H and O–H groups in total. The van der Waals surface area contributed by atoms with Crippen LogP contribution >= 0.6 is 15.9 Å². The number of halogens is 1. The van der Waals surface area contributed by atoms with E-state index in [-0.39, 0.29) is 0 Å². The van der Waals surface area contributed by atoms with E-state index in [1.54, 1.807) is 7.11 Å². The molecule has 0 fully saturated rings. The summed E-state index contributed by atoms with van der Waals surface area (Å²) in [6.45, 7) is 7.90. The van der Waals surface area contributed by atoms with Crippen molar-refractivity contribution in [3.8, 4) is 5.75 Å². The molecule has 1 rings (SSSR count). The van der Waals surface area contributed by atoms with Gasteiger partial charge in [0.2, 0.25) is 0 Å². The summed E-state index contributed by atoms with van der Waals surface area (Å²) in [6, 6.07) is 6.77. The Hall–Kier alpha value is -0.540. The SMILES string of the molecule is CCCNC(C)CC(C)Cc1cc(OC)ccc1Br. The van der Waals surface area contributed by atoms with Gasteiger partial charge < -0.3 is 10.1 Å². The molecule has 1 aromatic rings. The maximum Gasteiger partial charge on any atom is 0.119 e. The maximum absolute atomic E-state index is 5.29. The quantitative estimate of drug-likeness (QED) is 0.763. The molecule has 2 atom stereocenters. The van der Waals surface area contributed by atoms with Crippen LogP contribution in [-0.2, 0) is 6.42 Å². The zero-order valence-electron chi connectivity index (χ0n) is 12.5. The first-order valence-electron chi connectivity index (χ1n) is 7.12. The molecule has 108 valence electrons. The van der Waals surface area contributed by atoms with Crippen molar-refractivity contribution in [2.75, 3.05) is 13.7 Å². The lowest BCUT2D eigenvalue weighted by molar-refractivity contribution is 0.409. The van der Waals surface area contributed by atoms with E-state index in [0.29, 0.717) is 12.0 Å². The minimum Gasteiger partial charge on any atom is -0.497 e. The summed E-state index contributed by atoms with van der Waals surface area (Å²) in [5.74, 6) is 1.59. The summed E-state index contributed by atoms with van der Waals surface area (Å²) in [5, 5.41) is 3.55. The van der Waals surface area contributed by atoms with E-state index in [2.05, 4.69) is 54.2 Å². The number of hydrogen-bond acceptors (Lipinski definition) is 2. The van der Waals surface area contributed by atoms with Gasteiger partial charge in [0.15, 0.2) is 0 Å². The standard InChI is InChI=1S/C16H26BrNO/c1-5-8-18-13(3)9-12(2)10-14-11-15(19-4)6-7-16(14)17/h6-7,11-13,18H,5,8-10H2,1-4H3. The lowest BCUT2D eigenvalue weighted by Gasteiger charge is -2.19. The highest BCUT2D eigenvalue weighted by Gasteiger charge is 2.11. The van der Waals surface area contributed by atoms with Crippen LogP contribution in [0.2, 0.25) is 0 Å². The third kappa shape index (κ3) is 5.96. The molecule has 0 bridgehead atoms. The van der Waals surface area contributed by atoms with Crippen molar-refractivity contribution < 1.29 is 4.74 Å². The van der Waals surface area contributed by atoms with E-state index >= 15 is 0 Å². The molecular formula is C16H26BrNO. The van der Waals surface area contributed by atoms with E-state index in [1.807, 2.05) is 6.07 Å². The van der Waals surface area contributed by atoms with Crippen molar-refractivity contribution in [1.29, 1.82) is 0 Å². The minimum absolute atomic E-state index is 0.583. The average molecular weight is 328 g/mol. The molecule has 19 heavy (non-hydrogen) atoms. The van der Waals surface area contributed by atoms with Crippen LogP contribution in [0, 0.1) is 5.92 Å². The molecule has 0 saturated heterocycles. The third-order valence-electron chi connectivity index (χ3n) is 3.32. The van der Waals surface area contributed by atoms with Crippen LogP contribution in [0.15, 0.2) is 22.7 Å². The van der Waals surface area contributed by atoms with Gasteiger partial charge >= 0.3 is 0 Å². The Labute approximate surface area is 126 Å². The van der Waals surface area contributed by atoms with Gasteiger partial charge in [-0.1, -0.05) is 29.8 Å². The first-order valence-corrected chi connectivity index (χ1v) is 7.91. The molecule has 2 nitrogen and oxygen atoms in total. The number of rotatable bonds is 8. The molecule has 0 heterocycles. The van der Waals surface area contributed by atoms with Gasteiger partial charge in [-0.3, -0.25) is 0 Å². The van der Waals surface area contributed by atoms with Gasteiger partial charge in [-0.05, 0) is 62.4 Å². The number of benzene rings is 1. The predicted octanol–water partition coefficient (Wildman–Crippen LogP) is 4.41. The second-order valence-electron chi connectivity index (χ2n) is 5.36. The molecule has 0 aliphatic carbocycles. The summed E-state index contributed by atoms with van der Waals surface area (Å²) < 4.78 is 6.47. The Bertz CT molecular complexity index is 381. The van der Waals surface area contributed by atoms with Crippen molar-refractivity contribution in [2.45, 2.75) is 46.1 Å². The monoisotopic (exact) mass is 327 g/mol. The van der Waals surface area contributed by atoms with Crippen LogP contribution < -0.4 is 10.1 Å². The van der Waals surface area contributed by atoms with Crippen molar-refractivity contribution in [1.82, 2.24) is 5.32 Å². The predicted molar refractivity (Wildman–Crippen MR) is 85.9 cm³/mol. The van der Waals surface area contributed by atoms with Gasteiger partial charge in [0, 0.05) is 10.5 Å². The van der Waals surface area contributed by atoms with Crippen LogP contribution in [0.3, 0.4) is 0 Å². The van der Waals surface area contributed by atoms with Gasteiger partial charge in [-0.2, -0.15) is 0 Å². The zero-order chi connectivity index (χ0) is 14.3. The normalized spacial score (nSPS) is 14.2. The van der Waals surface area contributed by atoms with Gasteiger partial charge in [-0.25, -0.2) is 0 Å². The van der Waals surface area contributed by atoms with E-state index < -0.39 is 0 Å². The fraction of sp³-hybridized carbons (Fsp3) is 0.625. The minimum atomic E-state index is 0.583. The van der Waals surface area contributed by atoms with E-state index in [9.17, 15) is 0 Å². The van der Waals surface area contributed by atoms with Gasteiger partial charge in [-0.15, -0.1) is 0 Å². The van der Waals surface area contributed by atoms with E-state index in [0.717, 1.165) is 18.7 Å². The fourth-order valence-corrected chi connectivity index (χ4v) is 2.78. The summed E-state index contributed by atoms with van der Waals surface area (Å²) in [5.41, 5.74) is 1.33. The second-order valence-corrected chi connectivity index (χ2v) is 6.21. The number of methoxy groups -OCH3 is 1. The molecule has 2 unspecified atom stereocenters. The fourth-order valence-electron chi connectivity index (χ4n) is 2.37. The van der Waals surface area contributed by atoms with Crippen molar-refractivity contribution in [2.24, 2.45) is 5.92 Å². The molecule has 0 radical (unpaired) electrons. The Kier molecular flexibility index (Phi) is 7.47. The van der Waals surface area contributed by atoms with Crippen LogP contribution in [-0.4, -0.2) is 19.7 Å². The molecule has 1 aromatic carbocycles. The first-order chi connectivity index (χ1) is 9.06. The average Bonchev–Trinajstić information content (AvgIpc) is 2.38. The molecule has 0 aliphatic heterocycles. The summed E-state index contributed by atoms with van der Waals surface area (Å²) in [4.78, 5) is 0. The Morgan fingerprint density at radius 2 is 2.05 bits per heavy atom. The van der Waals surface area contributed by atoms with Crippen molar-refractivity contribution in [3.63, 3.8) is 0 Å². The summed E-state index contributed by atoms with van der Waals surface area (Å²) in [7, 11) is 1.72. The zero-order valence-corrected chi connectivity index (χ0v) is 14.1. The topological polar surface area (TPSA) is 21.3 Å². The number of nitrogens with one attached hydrogen (secondary N) is 1. The van der Waals surface area contributed by atoms with Crippen LogP contribution in [0.25, 0.3) is 0 Å². The third-order valence-corrected chi connectivity index (χ3v) is 4.09. The number of ether oxygens (including phenoxy) is 1. The van der Waals surface area contributed by atoms with Gasteiger partial charge in [0.05, 0.1) is 7.11 Å². The molecule has 0 spiro atoms. The Balaban J connectivity index is 2.53. The van der Waals surface area contributed by atoms with Gasteiger partial charge in [0.25, 0.3) is 0 Å². The Morgan fingerprint density at radius 3 is 2.68 bits per heavy atom. The molecule has 0 aromatic heterocycles. The molecule has 0 amide bonds. The van der Waals surface area contributed by atoms with Crippen molar-refractivity contribution in [3.05, 3.63) is 28.2 Å². The van der Waals surface area contributed by atoms with Crippen molar-refractivity contribution >= 4 is 15.9 Å². The highest BCUT2D eigenvalue weighted by Crippen LogP contribution is 2.26. The molecular weight excluding hydrogens is 302 g/mol. The van der Waals surface area contributed by atoms with Crippen LogP contribution in [0.4, 0.5) is 0 Å². The summed E-state index contributed by atoms with van der Waals surface area (Å²) in [6.07, 6.45) is 3.47. The van der Waals surface area contributed by atoms with E-state index in [1.165, 1.54) is 22.9 Å². The highest BCUT2D eigenvalue weighted by molar-refractivity contribution is 9.10.